The van der Waals surface area contributed by atoms with Crippen LogP contribution in [-0.2, 0) is 0 Å². The Labute approximate surface area is 89.8 Å². The number of aromatic hydroxyl groups is 2. The van der Waals surface area contributed by atoms with Gasteiger partial charge in [0.25, 0.3) is 0 Å². The number of hydrogen-bond donors (Lipinski definition) is 3. The van der Waals surface area contributed by atoms with E-state index in [9.17, 15) is 10.2 Å². The van der Waals surface area contributed by atoms with Crippen molar-refractivity contribution >= 4 is 12.2 Å². The number of benzene rings is 1. The Bertz CT molecular complexity index is 560. The second-order valence-electron chi connectivity index (χ2n) is 3.05. The van der Waals surface area contributed by atoms with E-state index in [1.165, 1.54) is 16.8 Å². The Kier molecular flexibility index (Phi) is 2.16. The number of aromatic nitrogens is 4. The van der Waals surface area contributed by atoms with Gasteiger partial charge < -0.3 is 10.2 Å². The predicted molar refractivity (Wildman–Crippen MR) is 54.6 cm³/mol. The van der Waals surface area contributed by atoms with Crippen molar-refractivity contribution in [2.45, 2.75) is 6.92 Å². The molecular weight excluding hydrogens is 216 g/mol. The van der Waals surface area contributed by atoms with Gasteiger partial charge in [-0.2, -0.15) is 5.21 Å². The molecule has 78 valence electrons. The van der Waals surface area contributed by atoms with Crippen molar-refractivity contribution in [1.29, 1.82) is 0 Å². The number of rotatable bonds is 1. The molecule has 0 atom stereocenters. The monoisotopic (exact) mass is 224 g/mol. The highest BCUT2D eigenvalue weighted by Gasteiger charge is 2.09. The number of hydrogen-bond acceptors (Lipinski definition) is 5. The van der Waals surface area contributed by atoms with Crippen LogP contribution in [0, 0.1) is 11.7 Å². The van der Waals surface area contributed by atoms with Crippen molar-refractivity contribution in [1.82, 2.24) is 20.2 Å². The van der Waals surface area contributed by atoms with Crippen LogP contribution in [0.5, 0.6) is 11.5 Å². The molecular formula is C8H8N4O2S. The van der Waals surface area contributed by atoms with Crippen LogP contribution < -0.4 is 0 Å². The second-order valence-corrected chi connectivity index (χ2v) is 3.41. The molecule has 0 saturated carbocycles. The summed E-state index contributed by atoms with van der Waals surface area (Å²) in [6.45, 7) is 1.68. The van der Waals surface area contributed by atoms with E-state index < -0.39 is 0 Å². The number of phenols is 2. The lowest BCUT2D eigenvalue weighted by molar-refractivity contribution is 0.452. The van der Waals surface area contributed by atoms with Crippen LogP contribution in [0.1, 0.15) is 5.56 Å². The van der Waals surface area contributed by atoms with E-state index in [1.807, 2.05) is 0 Å². The van der Waals surface area contributed by atoms with Gasteiger partial charge in [0, 0.05) is 6.07 Å². The molecule has 2 rings (SSSR count). The number of tetrazole rings is 1. The molecule has 0 unspecified atom stereocenters. The third kappa shape index (κ3) is 1.57. The topological polar surface area (TPSA) is 87.0 Å². The van der Waals surface area contributed by atoms with Crippen molar-refractivity contribution in [2.24, 2.45) is 0 Å². The Morgan fingerprint density at radius 1 is 1.33 bits per heavy atom. The van der Waals surface area contributed by atoms with Gasteiger partial charge in [-0.05, 0) is 30.8 Å². The van der Waals surface area contributed by atoms with Crippen LogP contribution in [0.4, 0.5) is 0 Å². The second kappa shape index (κ2) is 3.35. The molecule has 15 heavy (non-hydrogen) atoms. The lowest BCUT2D eigenvalue weighted by Gasteiger charge is -2.06. The maximum Gasteiger partial charge on any atom is 0.243 e. The zero-order valence-corrected chi connectivity index (χ0v) is 8.62. The normalized spacial score (nSPS) is 10.5. The quantitative estimate of drug-likeness (QED) is 0.497. The largest absolute Gasteiger partial charge is 0.508 e. The first-order chi connectivity index (χ1) is 7.09. The smallest absolute Gasteiger partial charge is 0.243 e. The maximum atomic E-state index is 9.66. The first-order valence-electron chi connectivity index (χ1n) is 4.12. The molecule has 1 aromatic carbocycles. The molecule has 0 saturated heterocycles. The summed E-state index contributed by atoms with van der Waals surface area (Å²) >= 11 is 4.87. The highest BCUT2D eigenvalue weighted by Crippen LogP contribution is 2.28. The molecule has 0 aliphatic rings. The van der Waals surface area contributed by atoms with Crippen LogP contribution in [-0.4, -0.2) is 30.4 Å². The van der Waals surface area contributed by atoms with Crippen LogP contribution in [0.2, 0.25) is 0 Å². The zero-order valence-electron chi connectivity index (χ0n) is 7.80. The summed E-state index contributed by atoms with van der Waals surface area (Å²) in [5.41, 5.74) is 0.892. The van der Waals surface area contributed by atoms with Crippen molar-refractivity contribution in [3.63, 3.8) is 0 Å². The Morgan fingerprint density at radius 3 is 2.67 bits per heavy atom. The molecule has 0 bridgehead atoms. The van der Waals surface area contributed by atoms with Gasteiger partial charge in [-0.15, -0.1) is 0 Å². The molecule has 3 N–H and O–H groups in total. The number of phenolic OH excluding ortho intramolecular Hbond substituents is 2. The lowest BCUT2D eigenvalue weighted by Crippen LogP contribution is -1.97. The number of H-pyrrole nitrogens is 1. The maximum absolute atomic E-state index is 9.66. The van der Waals surface area contributed by atoms with Gasteiger partial charge in [-0.1, -0.05) is 10.3 Å². The molecule has 0 radical (unpaired) electrons. The number of nitrogens with zero attached hydrogens (tertiary/aromatic N) is 3. The van der Waals surface area contributed by atoms with Gasteiger partial charge in [0.05, 0.1) is 0 Å². The van der Waals surface area contributed by atoms with Crippen molar-refractivity contribution in [3.05, 3.63) is 22.5 Å². The van der Waals surface area contributed by atoms with Gasteiger partial charge in [-0.3, -0.25) is 0 Å². The van der Waals surface area contributed by atoms with Gasteiger partial charge in [0.1, 0.15) is 17.2 Å². The molecule has 2 aromatic rings. The first-order valence-corrected chi connectivity index (χ1v) is 4.53. The summed E-state index contributed by atoms with van der Waals surface area (Å²) < 4.78 is 1.47. The summed E-state index contributed by atoms with van der Waals surface area (Å²) in [5, 5.41) is 28.7. The molecule has 6 nitrogen and oxygen atoms in total. The van der Waals surface area contributed by atoms with Crippen LogP contribution in [0.15, 0.2) is 12.1 Å². The minimum absolute atomic E-state index is 0.00699. The minimum Gasteiger partial charge on any atom is -0.508 e. The van der Waals surface area contributed by atoms with Gasteiger partial charge in [-0.25, -0.2) is 4.68 Å². The Morgan fingerprint density at radius 2 is 2.07 bits per heavy atom. The Balaban J connectivity index is 2.69. The lowest BCUT2D eigenvalue weighted by atomic mass is 10.2. The zero-order chi connectivity index (χ0) is 11.0. The molecule has 0 fully saturated rings. The molecule has 0 spiro atoms. The van der Waals surface area contributed by atoms with Crippen LogP contribution in [0.3, 0.4) is 0 Å². The minimum atomic E-state index is -0.00699. The molecule has 0 aliphatic carbocycles. The van der Waals surface area contributed by atoms with Crippen LogP contribution >= 0.6 is 12.2 Å². The van der Waals surface area contributed by atoms with E-state index in [4.69, 9.17) is 12.2 Å². The van der Waals surface area contributed by atoms with E-state index in [0.29, 0.717) is 11.3 Å². The van der Waals surface area contributed by atoms with E-state index in [2.05, 4.69) is 15.5 Å². The predicted octanol–water partition coefficient (Wildman–Crippen LogP) is 1.04. The van der Waals surface area contributed by atoms with Crippen molar-refractivity contribution in [2.75, 3.05) is 0 Å². The van der Waals surface area contributed by atoms with Crippen molar-refractivity contribution in [3.8, 4) is 17.2 Å². The average Bonchev–Trinajstić information content (AvgIpc) is 2.58. The number of aromatic amines is 1. The third-order valence-corrected chi connectivity index (χ3v) is 2.27. The summed E-state index contributed by atoms with van der Waals surface area (Å²) in [4.78, 5) is 0. The average molecular weight is 224 g/mol. The van der Waals surface area contributed by atoms with Crippen LogP contribution in [0.25, 0.3) is 5.69 Å². The molecule has 7 heteroatoms. The fourth-order valence-corrected chi connectivity index (χ4v) is 1.38. The Hall–Kier alpha value is -1.89. The number of aryl methyl sites for hydroxylation is 1. The SMILES string of the molecule is Cc1cc(O)c(-n2[nH]nnc2=S)cc1O. The third-order valence-electron chi connectivity index (χ3n) is 2.01. The highest BCUT2D eigenvalue weighted by molar-refractivity contribution is 7.71. The molecule has 0 aliphatic heterocycles. The van der Waals surface area contributed by atoms with E-state index >= 15 is 0 Å². The van der Waals surface area contributed by atoms with E-state index in [-0.39, 0.29) is 16.3 Å². The van der Waals surface area contributed by atoms with Gasteiger partial charge >= 0.3 is 0 Å². The molecule has 0 amide bonds. The molecule has 1 heterocycles. The summed E-state index contributed by atoms with van der Waals surface area (Å²) in [5.74, 6) is 0.0618. The number of nitrogens with one attached hydrogen (secondary N) is 1. The highest BCUT2D eigenvalue weighted by atomic mass is 32.1. The van der Waals surface area contributed by atoms with Crippen molar-refractivity contribution < 1.29 is 10.2 Å². The summed E-state index contributed by atoms with van der Waals surface area (Å²) in [6.07, 6.45) is 0. The van der Waals surface area contributed by atoms with Gasteiger partial charge in [0.2, 0.25) is 4.77 Å². The standard InChI is InChI=1S/C8H8N4O2S/c1-4-2-7(14)5(3-6(4)13)12-8(15)9-10-11-12/h2-3,13-14H,1H3,(H,9,11,15). The van der Waals surface area contributed by atoms with Gasteiger partial charge in [0.15, 0.2) is 0 Å². The van der Waals surface area contributed by atoms with E-state index in [1.54, 1.807) is 6.92 Å². The van der Waals surface area contributed by atoms with E-state index in [0.717, 1.165) is 0 Å². The molecule has 1 aromatic heterocycles. The summed E-state index contributed by atoms with van der Waals surface area (Å²) in [7, 11) is 0. The fourth-order valence-electron chi connectivity index (χ4n) is 1.20. The summed E-state index contributed by atoms with van der Waals surface area (Å²) in [6, 6.07) is 2.83. The fraction of sp³-hybridized carbons (Fsp3) is 0.125. The first kappa shape index (κ1) is 9.66.